The highest BCUT2D eigenvalue weighted by molar-refractivity contribution is 6.05. The van der Waals surface area contributed by atoms with Gasteiger partial charge in [0.25, 0.3) is 0 Å². The summed E-state index contributed by atoms with van der Waals surface area (Å²) in [6.45, 7) is 7.52. The van der Waals surface area contributed by atoms with E-state index in [0.29, 0.717) is 6.54 Å². The van der Waals surface area contributed by atoms with E-state index < -0.39 is 5.41 Å². The van der Waals surface area contributed by atoms with Crippen molar-refractivity contribution < 1.29 is 10.0 Å². The van der Waals surface area contributed by atoms with E-state index in [1.165, 1.54) is 0 Å². The smallest absolute Gasteiger partial charge is 0.233 e. The van der Waals surface area contributed by atoms with E-state index in [9.17, 15) is 4.79 Å². The number of oxime groups is 1. The van der Waals surface area contributed by atoms with Gasteiger partial charge in [0.2, 0.25) is 5.91 Å². The lowest BCUT2D eigenvalue weighted by Gasteiger charge is -2.22. The number of carbonyl (C=O) groups is 1. The zero-order valence-electron chi connectivity index (χ0n) is 10.4. The van der Waals surface area contributed by atoms with Gasteiger partial charge >= 0.3 is 0 Å². The molecule has 0 aromatic heterocycles. The number of carbonyl (C=O) groups excluding carboxylic acids is 1. The number of rotatable bonds is 6. The first kappa shape index (κ1) is 14.7. The normalized spacial score (nSPS) is 12.9. The minimum atomic E-state index is -0.987. The summed E-state index contributed by atoms with van der Waals surface area (Å²) in [7, 11) is 1.97. The lowest BCUT2D eigenvalue weighted by molar-refractivity contribution is -0.126. The zero-order chi connectivity index (χ0) is 12.8. The van der Waals surface area contributed by atoms with Crippen molar-refractivity contribution >= 4 is 11.7 Å². The van der Waals surface area contributed by atoms with Crippen LogP contribution in [0.1, 0.15) is 20.8 Å². The molecule has 0 atom stereocenters. The molecular formula is C10H22N4O2. The molecule has 0 bridgehead atoms. The second-order valence-electron chi connectivity index (χ2n) is 4.26. The molecule has 1 amide bonds. The minimum Gasteiger partial charge on any atom is -0.409 e. The number of hydrogen-bond donors (Lipinski definition) is 3. The summed E-state index contributed by atoms with van der Waals surface area (Å²) in [5.41, 5.74) is 4.45. The Labute approximate surface area is 96.5 Å². The fourth-order valence-corrected chi connectivity index (χ4v) is 0.981. The third kappa shape index (κ3) is 4.06. The third-order valence-corrected chi connectivity index (χ3v) is 2.63. The van der Waals surface area contributed by atoms with Gasteiger partial charge in [-0.15, -0.1) is 0 Å². The Morgan fingerprint density at radius 1 is 1.56 bits per heavy atom. The first-order chi connectivity index (χ1) is 7.36. The van der Waals surface area contributed by atoms with Gasteiger partial charge in [0.1, 0.15) is 5.41 Å². The van der Waals surface area contributed by atoms with Crippen LogP contribution >= 0.6 is 0 Å². The highest BCUT2D eigenvalue weighted by Gasteiger charge is 2.32. The monoisotopic (exact) mass is 230 g/mol. The maximum absolute atomic E-state index is 11.7. The molecule has 0 saturated carbocycles. The van der Waals surface area contributed by atoms with E-state index in [1.54, 1.807) is 13.8 Å². The van der Waals surface area contributed by atoms with Crippen LogP contribution in [0.2, 0.25) is 0 Å². The highest BCUT2D eigenvalue weighted by Crippen LogP contribution is 2.14. The molecule has 0 spiro atoms. The van der Waals surface area contributed by atoms with Gasteiger partial charge in [-0.1, -0.05) is 12.1 Å². The molecule has 0 fully saturated rings. The standard InChI is InChI=1S/C10H22N4O2/c1-5-14(4)7-6-12-9(15)10(2,3)8(11)13-16/h16H,5-7H2,1-4H3,(H2,11,13)(H,12,15). The van der Waals surface area contributed by atoms with Crippen LogP contribution in [0.5, 0.6) is 0 Å². The van der Waals surface area contributed by atoms with Crippen LogP contribution < -0.4 is 11.1 Å². The van der Waals surface area contributed by atoms with Gasteiger partial charge in [0.05, 0.1) is 0 Å². The van der Waals surface area contributed by atoms with Gasteiger partial charge in [-0.25, -0.2) is 0 Å². The molecular weight excluding hydrogens is 208 g/mol. The van der Waals surface area contributed by atoms with Crippen molar-refractivity contribution in [2.45, 2.75) is 20.8 Å². The molecule has 4 N–H and O–H groups in total. The van der Waals surface area contributed by atoms with Crippen LogP contribution in [0.25, 0.3) is 0 Å². The van der Waals surface area contributed by atoms with Crippen LogP contribution in [0.4, 0.5) is 0 Å². The topological polar surface area (TPSA) is 91.0 Å². The lowest BCUT2D eigenvalue weighted by atomic mass is 9.91. The van der Waals surface area contributed by atoms with Gasteiger partial charge in [0.15, 0.2) is 5.84 Å². The quantitative estimate of drug-likeness (QED) is 0.256. The molecule has 16 heavy (non-hydrogen) atoms. The van der Waals surface area contributed by atoms with Crippen molar-refractivity contribution in [3.05, 3.63) is 0 Å². The number of likely N-dealkylation sites (N-methyl/N-ethyl adjacent to an activating group) is 1. The average molecular weight is 230 g/mol. The maximum Gasteiger partial charge on any atom is 0.233 e. The van der Waals surface area contributed by atoms with E-state index in [-0.39, 0.29) is 11.7 Å². The van der Waals surface area contributed by atoms with Crippen molar-refractivity contribution in [1.29, 1.82) is 0 Å². The lowest BCUT2D eigenvalue weighted by Crippen LogP contribution is -2.47. The molecule has 94 valence electrons. The van der Waals surface area contributed by atoms with Crippen LogP contribution in [0.3, 0.4) is 0 Å². The summed E-state index contributed by atoms with van der Waals surface area (Å²) in [4.78, 5) is 13.8. The van der Waals surface area contributed by atoms with E-state index in [2.05, 4.69) is 15.4 Å². The molecule has 6 heteroatoms. The average Bonchev–Trinajstić information content (AvgIpc) is 2.27. The fourth-order valence-electron chi connectivity index (χ4n) is 0.981. The summed E-state index contributed by atoms with van der Waals surface area (Å²) in [5, 5.41) is 14.2. The molecule has 0 aliphatic heterocycles. The molecule has 6 nitrogen and oxygen atoms in total. The second kappa shape index (κ2) is 6.32. The Morgan fingerprint density at radius 2 is 2.12 bits per heavy atom. The van der Waals surface area contributed by atoms with Gasteiger partial charge < -0.3 is 21.2 Å². The summed E-state index contributed by atoms with van der Waals surface area (Å²) >= 11 is 0. The van der Waals surface area contributed by atoms with Gasteiger partial charge in [-0.05, 0) is 27.4 Å². The van der Waals surface area contributed by atoms with Crippen LogP contribution in [0, 0.1) is 5.41 Å². The van der Waals surface area contributed by atoms with Crippen molar-refractivity contribution in [3.63, 3.8) is 0 Å². The van der Waals surface area contributed by atoms with Crippen molar-refractivity contribution in [1.82, 2.24) is 10.2 Å². The highest BCUT2D eigenvalue weighted by atomic mass is 16.4. The molecule has 0 unspecified atom stereocenters. The Hall–Kier alpha value is -1.30. The van der Waals surface area contributed by atoms with E-state index in [4.69, 9.17) is 10.9 Å². The first-order valence-electron chi connectivity index (χ1n) is 5.31. The van der Waals surface area contributed by atoms with Crippen molar-refractivity contribution in [2.75, 3.05) is 26.7 Å². The van der Waals surface area contributed by atoms with Gasteiger partial charge in [-0.2, -0.15) is 0 Å². The van der Waals surface area contributed by atoms with Crippen molar-refractivity contribution in [2.24, 2.45) is 16.3 Å². The number of nitrogens with zero attached hydrogens (tertiary/aromatic N) is 2. The van der Waals surface area contributed by atoms with Crippen LogP contribution in [0.15, 0.2) is 5.16 Å². The van der Waals surface area contributed by atoms with Crippen LogP contribution in [-0.2, 0) is 4.79 Å². The Kier molecular flexibility index (Phi) is 5.81. The molecule has 0 aromatic carbocycles. The number of amidine groups is 1. The number of amides is 1. The second-order valence-corrected chi connectivity index (χ2v) is 4.26. The molecule has 0 radical (unpaired) electrons. The predicted octanol–water partition coefficient (Wildman–Crippen LogP) is -0.173. The summed E-state index contributed by atoms with van der Waals surface area (Å²) in [6.07, 6.45) is 0. The molecule has 0 rings (SSSR count). The van der Waals surface area contributed by atoms with Gasteiger partial charge in [-0.3, -0.25) is 4.79 Å². The minimum absolute atomic E-state index is 0.0890. The summed E-state index contributed by atoms with van der Waals surface area (Å²) in [5.74, 6) is -0.332. The Bertz CT molecular complexity index is 264. The molecule has 0 aliphatic carbocycles. The number of nitrogens with one attached hydrogen (secondary N) is 1. The predicted molar refractivity (Wildman–Crippen MR) is 63.4 cm³/mol. The van der Waals surface area contributed by atoms with E-state index in [1.807, 2.05) is 14.0 Å². The number of hydrogen-bond acceptors (Lipinski definition) is 4. The molecule has 0 aliphatic rings. The maximum atomic E-state index is 11.7. The van der Waals surface area contributed by atoms with E-state index in [0.717, 1.165) is 13.1 Å². The first-order valence-corrected chi connectivity index (χ1v) is 5.31. The van der Waals surface area contributed by atoms with E-state index >= 15 is 0 Å². The Balaban J connectivity index is 4.16. The van der Waals surface area contributed by atoms with Gasteiger partial charge in [0, 0.05) is 13.1 Å². The zero-order valence-corrected chi connectivity index (χ0v) is 10.4. The van der Waals surface area contributed by atoms with Crippen LogP contribution in [-0.4, -0.2) is 48.5 Å². The largest absolute Gasteiger partial charge is 0.409 e. The fraction of sp³-hybridized carbons (Fsp3) is 0.800. The molecule has 0 heterocycles. The SMILES string of the molecule is CCN(C)CCNC(=O)C(C)(C)C(N)=NO. The van der Waals surface area contributed by atoms with Crippen molar-refractivity contribution in [3.8, 4) is 0 Å². The Morgan fingerprint density at radius 3 is 2.56 bits per heavy atom. The summed E-state index contributed by atoms with van der Waals surface area (Å²) in [6, 6.07) is 0. The third-order valence-electron chi connectivity index (χ3n) is 2.63. The number of nitrogens with two attached hydrogens (primary N) is 1. The molecule has 0 saturated heterocycles. The molecule has 0 aromatic rings. The summed E-state index contributed by atoms with van der Waals surface area (Å²) < 4.78 is 0.